The highest BCUT2D eigenvalue weighted by Gasteiger charge is 2.32. The van der Waals surface area contributed by atoms with Gasteiger partial charge < -0.3 is 26.3 Å². The number of hydrogen-bond acceptors (Lipinski definition) is 14. The second-order valence-electron chi connectivity index (χ2n) is 13.8. The third-order valence-corrected chi connectivity index (χ3v) is 17.1. The molecule has 6 N–H and O–H groups in total. The van der Waals surface area contributed by atoms with Crippen LogP contribution in [0.15, 0.2) is 34.4 Å². The van der Waals surface area contributed by atoms with E-state index in [1.807, 2.05) is 10.9 Å². The summed E-state index contributed by atoms with van der Waals surface area (Å²) in [5, 5.41) is 23.7. The number of nitriles is 1. The Balaban J connectivity index is 0.000000270. The first-order valence-electron chi connectivity index (χ1n) is 19.5. The lowest BCUT2D eigenvalue weighted by molar-refractivity contribution is -0.119. The third kappa shape index (κ3) is 12.7. The zero-order valence-corrected chi connectivity index (χ0v) is 36.9. The fraction of sp³-hybridized carbons (Fsp3) is 0.526. The Morgan fingerprint density at radius 3 is 1.64 bits per heavy atom. The number of amides is 1. The van der Waals surface area contributed by atoms with Crippen LogP contribution in [0.3, 0.4) is 0 Å². The lowest BCUT2D eigenvalue weighted by Gasteiger charge is -2.22. The molecule has 0 radical (unpaired) electrons. The molecule has 4 aromatic heterocycles. The molecule has 0 unspecified atom stereocenters. The Kier molecular flexibility index (Phi) is 19.9. The highest BCUT2D eigenvalue weighted by Crippen LogP contribution is 2.38. The summed E-state index contributed by atoms with van der Waals surface area (Å²) in [5.41, 5.74) is 7.30. The molecule has 2 aliphatic heterocycles. The van der Waals surface area contributed by atoms with Crippen LogP contribution in [0, 0.1) is 23.2 Å². The van der Waals surface area contributed by atoms with Gasteiger partial charge in [0.2, 0.25) is 5.91 Å². The number of hydrogen-bond donors (Lipinski definition) is 5. The number of fused-ring (bicyclic) bond motifs is 2. The minimum Gasteiger partial charge on any atom is -0.370 e. The van der Waals surface area contributed by atoms with E-state index in [1.165, 1.54) is 48.4 Å². The van der Waals surface area contributed by atoms with Crippen LogP contribution in [0.5, 0.6) is 0 Å². The number of ketones is 2. The standard InChI is InChI=1S/C17H20N6O3.C17H18N6O2.C2H6.2CH4.S6/c18-13(25)5-11(9-3-1-2-4-9)23-8-10(6-20-23)15-14-12(24)7-19-16(14)22-17(26)21-15;18-6-5-12(10-3-1-2-4-10)23-9-11(7-20-23)15-14-13(24)8-19-16(14)22-17(25)21-15;1-2;;;1-3-5-6-4-2/h6,8-9,11H,1-5,7H2,(H2,18,25)(H2,19,21,22,26);7,9-10,12H,1-5,8H2,(H2,19,21,22,25);1-2H3;2*1H4;/t11-;12-;;;;/m11..../s1/i;;1D;;;. The van der Waals surface area contributed by atoms with Crippen molar-refractivity contribution in [2.24, 2.45) is 17.6 Å². The van der Waals surface area contributed by atoms with Crippen molar-refractivity contribution in [3.63, 3.8) is 0 Å². The van der Waals surface area contributed by atoms with Gasteiger partial charge in [-0.05, 0) is 37.5 Å². The molecule has 4 aromatic rings. The van der Waals surface area contributed by atoms with Crippen molar-refractivity contribution in [1.82, 2.24) is 39.5 Å². The molecule has 2 saturated carbocycles. The van der Waals surface area contributed by atoms with Crippen LogP contribution in [-0.2, 0) is 62.7 Å². The second kappa shape index (κ2) is 24.7. The molecule has 23 heteroatoms. The number of H-pyrrole nitrogens is 2. The predicted octanol–water partition coefficient (Wildman–Crippen LogP) is 5.02. The molecule has 0 bridgehead atoms. The largest absolute Gasteiger partial charge is 0.370 e. The molecular formula is C38H52N12O5S6. The molecule has 2 fully saturated rings. The fourth-order valence-corrected chi connectivity index (χ4v) is 13.4. The summed E-state index contributed by atoms with van der Waals surface area (Å²) in [6.45, 7) is 2.55. The maximum Gasteiger partial charge on any atom is 0.347 e. The number of rotatable bonds is 9. The molecule has 2 aliphatic carbocycles. The first-order chi connectivity index (χ1) is 29.0. The predicted molar refractivity (Wildman–Crippen MR) is 253 cm³/mol. The Bertz CT molecular complexity index is 2520. The van der Waals surface area contributed by atoms with Gasteiger partial charge >= 0.3 is 11.4 Å². The maximum absolute atomic E-state index is 12.2. The van der Waals surface area contributed by atoms with Gasteiger partial charge in [0.25, 0.3) is 0 Å². The van der Waals surface area contributed by atoms with Gasteiger partial charge in [0.15, 0.2) is 11.6 Å². The van der Waals surface area contributed by atoms with Crippen molar-refractivity contribution in [3.8, 4) is 28.6 Å². The van der Waals surface area contributed by atoms with Gasteiger partial charge in [-0.25, -0.2) is 9.59 Å². The monoisotopic (exact) mass is 949 g/mol. The van der Waals surface area contributed by atoms with Crippen molar-refractivity contribution in [2.75, 3.05) is 23.7 Å². The first kappa shape index (κ1) is 49.1. The zero-order chi connectivity index (χ0) is 43.2. The van der Waals surface area contributed by atoms with Gasteiger partial charge in [0.05, 0.1) is 72.6 Å². The molecular weight excluding hydrogens is 897 g/mol. The summed E-state index contributed by atoms with van der Waals surface area (Å²) in [5.74, 6) is 0.809. The van der Waals surface area contributed by atoms with Gasteiger partial charge in [-0.2, -0.15) is 25.4 Å². The maximum atomic E-state index is 12.2. The van der Waals surface area contributed by atoms with Gasteiger partial charge in [-0.3, -0.25) is 23.7 Å². The average Bonchev–Trinajstić information content (AvgIpc) is 4.09. The zero-order valence-electron chi connectivity index (χ0n) is 33.0. The molecule has 6 heterocycles. The Morgan fingerprint density at radius 1 is 0.836 bits per heavy atom. The number of nitrogens with one attached hydrogen (secondary N) is 4. The number of anilines is 2. The lowest BCUT2D eigenvalue weighted by atomic mass is 9.95. The smallest absolute Gasteiger partial charge is 0.347 e. The summed E-state index contributed by atoms with van der Waals surface area (Å²) >= 11 is 9.03. The van der Waals surface area contributed by atoms with E-state index in [-0.39, 0.29) is 63.9 Å². The van der Waals surface area contributed by atoms with Gasteiger partial charge in [-0.15, -0.1) is 0 Å². The summed E-state index contributed by atoms with van der Waals surface area (Å²) < 4.78 is 9.76. The highest BCUT2D eigenvalue weighted by molar-refractivity contribution is 8.64. The molecule has 8 rings (SSSR count). The number of Topliss-reactive ketones (excluding diaryl/α,β-unsaturated/α-hetero) is 2. The van der Waals surface area contributed by atoms with Crippen LogP contribution in [0.1, 0.15) is 127 Å². The normalized spacial score (nSPS) is 15.9. The Hall–Kier alpha value is -4.60. The number of carbonyl (C=O) groups excluding carboxylic acids is 3. The number of aromatic nitrogens is 8. The Labute approximate surface area is 377 Å². The molecule has 1 amide bonds. The minimum atomic E-state index is -0.529. The van der Waals surface area contributed by atoms with E-state index in [0.29, 0.717) is 70.4 Å². The Morgan fingerprint density at radius 2 is 1.25 bits per heavy atom. The number of aromatic amines is 2. The van der Waals surface area contributed by atoms with Gasteiger partial charge in [0.1, 0.15) is 11.6 Å². The van der Waals surface area contributed by atoms with Crippen molar-refractivity contribution in [1.29, 1.82) is 5.26 Å². The van der Waals surface area contributed by atoms with Crippen LogP contribution >= 0.6 is 0 Å². The van der Waals surface area contributed by atoms with Crippen LogP contribution < -0.4 is 27.7 Å². The van der Waals surface area contributed by atoms with E-state index in [0.717, 1.165) is 38.5 Å². The first-order valence-corrected chi connectivity index (χ1v) is 25.5. The highest BCUT2D eigenvalue weighted by atomic mass is 33.3. The topological polar surface area (TPSA) is 252 Å². The van der Waals surface area contributed by atoms with Crippen LogP contribution in [0.4, 0.5) is 11.6 Å². The number of primary amides is 1. The molecule has 0 spiro atoms. The average molecular weight is 950 g/mol. The molecule has 17 nitrogen and oxygen atoms in total. The summed E-state index contributed by atoms with van der Waals surface area (Å²) in [7, 11) is 5.63. The lowest BCUT2D eigenvalue weighted by Crippen LogP contribution is -2.24. The summed E-state index contributed by atoms with van der Waals surface area (Å²) in [4.78, 5) is 72.3. The third-order valence-electron chi connectivity index (χ3n) is 10.4. The van der Waals surface area contributed by atoms with Gasteiger partial charge in [0, 0.05) is 89.2 Å². The number of carbonyl (C=O) groups is 3. The number of nitrogens with zero attached hydrogens (tertiary/aromatic N) is 7. The van der Waals surface area contributed by atoms with E-state index >= 15 is 0 Å². The van der Waals surface area contributed by atoms with Gasteiger partial charge in [-0.1, -0.05) is 54.4 Å². The summed E-state index contributed by atoms with van der Waals surface area (Å²) in [6, 6.07) is 2.17. The van der Waals surface area contributed by atoms with Crippen molar-refractivity contribution in [2.45, 2.75) is 105 Å². The molecule has 2 atom stereocenters. The van der Waals surface area contributed by atoms with Crippen LogP contribution in [0.25, 0.3) is 22.5 Å². The quantitative estimate of drug-likeness (QED) is 0.148. The van der Waals surface area contributed by atoms with Crippen molar-refractivity contribution in [3.05, 3.63) is 56.9 Å². The van der Waals surface area contributed by atoms with Crippen LogP contribution in [0.2, 0.25) is 0 Å². The molecule has 0 aromatic carbocycles. The second-order valence-corrected chi connectivity index (χ2v) is 20.9. The van der Waals surface area contributed by atoms with E-state index in [4.69, 9.17) is 7.10 Å². The number of nitrogens with two attached hydrogens (primary N) is 1. The van der Waals surface area contributed by atoms with Crippen molar-refractivity contribution >= 4 is 87.0 Å². The van der Waals surface area contributed by atoms with Crippen LogP contribution in [-0.4, -0.2) is 70.1 Å². The fourth-order valence-electron chi connectivity index (χ4n) is 7.94. The van der Waals surface area contributed by atoms with E-state index < -0.39 is 11.4 Å². The molecule has 0 saturated heterocycles. The van der Waals surface area contributed by atoms with E-state index in [9.17, 15) is 29.2 Å². The molecule has 4 aliphatic rings. The molecule has 61 heavy (non-hydrogen) atoms. The van der Waals surface area contributed by atoms with E-state index in [1.54, 1.807) is 30.2 Å². The summed E-state index contributed by atoms with van der Waals surface area (Å²) in [6.07, 6.45) is 16.4. The van der Waals surface area contributed by atoms with E-state index in [2.05, 4.69) is 69.2 Å². The molecule has 330 valence electrons. The van der Waals surface area contributed by atoms with Crippen molar-refractivity contribution < 1.29 is 15.8 Å². The minimum absolute atomic E-state index is 0. The SMILES string of the molecule is C.C.N#CC[C@H](C1CCCC1)n1cc(-c2[nH]c(=O)nc3c2C(=O)CN3)cn1.NC(=O)C[C@H](C1CCCC1)n1cc(-c2[nH]c(=O)nc3c2C(=O)CN3)cn1.S=S=S=S=S=S.[2H]CC.